The van der Waals surface area contributed by atoms with Crippen molar-refractivity contribution in [3.05, 3.63) is 51.7 Å². The van der Waals surface area contributed by atoms with E-state index in [1.165, 1.54) is 29.0 Å². The van der Waals surface area contributed by atoms with Crippen LogP contribution < -0.4 is 10.2 Å². The molecule has 4 rings (SSSR count). The predicted octanol–water partition coefficient (Wildman–Crippen LogP) is 3.33. The first-order chi connectivity index (χ1) is 13.7. The minimum Gasteiger partial charge on any atom is -0.372 e. The van der Waals surface area contributed by atoms with Crippen LogP contribution in [0.15, 0.2) is 35.7 Å². The smallest absolute Gasteiger partial charge is 0.223 e. The van der Waals surface area contributed by atoms with Gasteiger partial charge >= 0.3 is 0 Å². The molecule has 0 saturated carbocycles. The largest absolute Gasteiger partial charge is 0.372 e. The summed E-state index contributed by atoms with van der Waals surface area (Å²) in [4.78, 5) is 30.2. The summed E-state index contributed by atoms with van der Waals surface area (Å²) in [6, 6.07) is 10.5. The minimum absolute atomic E-state index is 0.0646. The molecule has 0 bridgehead atoms. The van der Waals surface area contributed by atoms with E-state index in [9.17, 15) is 9.59 Å². The predicted molar refractivity (Wildman–Crippen MR) is 112 cm³/mol. The molecular formula is C22H27N3O2S. The van der Waals surface area contributed by atoms with Gasteiger partial charge in [0.25, 0.3) is 0 Å². The summed E-state index contributed by atoms with van der Waals surface area (Å²) >= 11 is 1.76. The number of anilines is 1. The number of hydrogen-bond donors (Lipinski definition) is 1. The summed E-state index contributed by atoms with van der Waals surface area (Å²) < 4.78 is 0. The summed E-state index contributed by atoms with van der Waals surface area (Å²) in [6.07, 6.45) is 3.99. The molecule has 2 aliphatic heterocycles. The van der Waals surface area contributed by atoms with Crippen LogP contribution >= 0.6 is 11.3 Å². The average Bonchev–Trinajstić information content (AvgIpc) is 3.42. The van der Waals surface area contributed by atoms with Crippen molar-refractivity contribution in [3.63, 3.8) is 0 Å². The molecule has 0 radical (unpaired) electrons. The lowest BCUT2D eigenvalue weighted by Crippen LogP contribution is -2.36. The molecule has 28 heavy (non-hydrogen) atoms. The highest BCUT2D eigenvalue weighted by atomic mass is 32.1. The zero-order chi connectivity index (χ0) is 19.3. The molecule has 1 saturated heterocycles. The fraction of sp³-hybridized carbons (Fsp3) is 0.455. The second kappa shape index (κ2) is 8.78. The zero-order valence-corrected chi connectivity index (χ0v) is 17.0. The maximum atomic E-state index is 12.4. The van der Waals surface area contributed by atoms with Gasteiger partial charge in [-0.05, 0) is 54.0 Å². The molecule has 1 fully saturated rings. The van der Waals surface area contributed by atoms with Crippen LogP contribution in [0.3, 0.4) is 0 Å². The van der Waals surface area contributed by atoms with Gasteiger partial charge in [-0.1, -0.05) is 12.1 Å². The van der Waals surface area contributed by atoms with E-state index in [1.54, 1.807) is 11.3 Å². The third-order valence-corrected chi connectivity index (χ3v) is 6.65. The molecule has 0 unspecified atom stereocenters. The van der Waals surface area contributed by atoms with E-state index in [2.05, 4.69) is 45.9 Å². The molecule has 5 nitrogen and oxygen atoms in total. The van der Waals surface area contributed by atoms with Crippen molar-refractivity contribution < 1.29 is 9.59 Å². The fourth-order valence-electron chi connectivity index (χ4n) is 3.93. The van der Waals surface area contributed by atoms with Gasteiger partial charge in [-0.15, -0.1) is 11.3 Å². The number of benzene rings is 1. The number of amides is 2. The maximum Gasteiger partial charge on any atom is 0.223 e. The normalized spacial score (nSPS) is 16.1. The van der Waals surface area contributed by atoms with Crippen molar-refractivity contribution in [1.29, 1.82) is 0 Å². The molecule has 148 valence electrons. The van der Waals surface area contributed by atoms with Crippen molar-refractivity contribution in [1.82, 2.24) is 10.2 Å². The maximum absolute atomic E-state index is 12.4. The van der Waals surface area contributed by atoms with Crippen molar-refractivity contribution in [2.24, 2.45) is 0 Å². The Morgan fingerprint density at radius 1 is 1.00 bits per heavy atom. The van der Waals surface area contributed by atoms with Crippen LogP contribution in [0.2, 0.25) is 0 Å². The molecule has 1 aromatic heterocycles. The molecule has 3 heterocycles. The van der Waals surface area contributed by atoms with Crippen LogP contribution in [0.5, 0.6) is 0 Å². The molecule has 2 amide bonds. The highest BCUT2D eigenvalue weighted by Gasteiger charge is 2.21. The summed E-state index contributed by atoms with van der Waals surface area (Å²) in [5.74, 6) is 0.00664. The van der Waals surface area contributed by atoms with Gasteiger partial charge in [0.1, 0.15) is 0 Å². The van der Waals surface area contributed by atoms with Crippen LogP contribution in [0.4, 0.5) is 5.69 Å². The first kappa shape index (κ1) is 19.0. The molecule has 2 aromatic rings. The van der Waals surface area contributed by atoms with Crippen LogP contribution in [0, 0.1) is 0 Å². The lowest BCUT2D eigenvalue weighted by atomic mass is 10.1. The average molecular weight is 398 g/mol. The second-order valence-corrected chi connectivity index (χ2v) is 8.57. The number of nitrogens with zero attached hydrogens (tertiary/aromatic N) is 2. The molecule has 0 spiro atoms. The minimum atomic E-state index is -0.0646. The van der Waals surface area contributed by atoms with Gasteiger partial charge in [-0.2, -0.15) is 0 Å². The van der Waals surface area contributed by atoms with Gasteiger partial charge in [0.05, 0.1) is 0 Å². The van der Waals surface area contributed by atoms with Gasteiger partial charge in [0, 0.05) is 56.1 Å². The third-order valence-electron chi connectivity index (χ3n) is 5.62. The number of carbonyl (C=O) groups excluding carboxylic acids is 2. The second-order valence-electron chi connectivity index (χ2n) is 7.57. The van der Waals surface area contributed by atoms with Crippen molar-refractivity contribution >= 4 is 28.8 Å². The molecule has 6 heteroatoms. The Bertz CT molecular complexity index is 825. The molecule has 2 aliphatic rings. The molecule has 1 N–H and O–H groups in total. The number of carbonyl (C=O) groups is 2. The number of thiophene rings is 1. The van der Waals surface area contributed by atoms with E-state index in [1.807, 2.05) is 4.90 Å². The van der Waals surface area contributed by atoms with Crippen LogP contribution in [0.1, 0.15) is 41.7 Å². The lowest BCUT2D eigenvalue weighted by molar-refractivity contribution is -0.134. The monoisotopic (exact) mass is 397 g/mol. The highest BCUT2D eigenvalue weighted by Crippen LogP contribution is 2.24. The summed E-state index contributed by atoms with van der Waals surface area (Å²) in [7, 11) is 0. The molecule has 0 aliphatic carbocycles. The standard InChI is InChI=1S/C22H27N3O2S/c26-21(7-8-22(27)25-13-9-20-18(16-25)10-14-28-20)23-15-17-3-5-19(6-4-17)24-11-1-2-12-24/h3-6,10,14H,1-2,7-9,11-13,15-16H2,(H,23,26). The Labute approximate surface area is 170 Å². The molecule has 1 aromatic carbocycles. The number of hydrogen-bond acceptors (Lipinski definition) is 4. The quantitative estimate of drug-likeness (QED) is 0.813. The van der Waals surface area contributed by atoms with Crippen LogP contribution in [-0.4, -0.2) is 36.3 Å². The first-order valence-corrected chi connectivity index (χ1v) is 11.0. The highest BCUT2D eigenvalue weighted by molar-refractivity contribution is 7.10. The van der Waals surface area contributed by atoms with Crippen molar-refractivity contribution in [2.75, 3.05) is 24.5 Å². The van der Waals surface area contributed by atoms with E-state index in [-0.39, 0.29) is 24.7 Å². The van der Waals surface area contributed by atoms with Gasteiger partial charge < -0.3 is 15.1 Å². The van der Waals surface area contributed by atoms with Crippen molar-refractivity contribution in [2.45, 2.75) is 45.2 Å². The van der Waals surface area contributed by atoms with E-state index in [4.69, 9.17) is 0 Å². The third kappa shape index (κ3) is 4.55. The van der Waals surface area contributed by atoms with E-state index in [0.717, 1.165) is 31.6 Å². The van der Waals surface area contributed by atoms with E-state index >= 15 is 0 Å². The number of nitrogens with one attached hydrogen (secondary N) is 1. The summed E-state index contributed by atoms with van der Waals surface area (Å²) in [6.45, 7) is 4.22. The van der Waals surface area contributed by atoms with Crippen molar-refractivity contribution in [3.8, 4) is 0 Å². The van der Waals surface area contributed by atoms with Gasteiger partial charge in [0.2, 0.25) is 11.8 Å². The molecule has 0 atom stereocenters. The topological polar surface area (TPSA) is 52.7 Å². The Hall–Kier alpha value is -2.34. The van der Waals surface area contributed by atoms with Crippen LogP contribution in [-0.2, 0) is 29.1 Å². The summed E-state index contributed by atoms with van der Waals surface area (Å²) in [5, 5.41) is 5.02. The summed E-state index contributed by atoms with van der Waals surface area (Å²) in [5.41, 5.74) is 3.60. The Morgan fingerprint density at radius 3 is 2.57 bits per heavy atom. The van der Waals surface area contributed by atoms with E-state index < -0.39 is 0 Å². The van der Waals surface area contributed by atoms with E-state index in [0.29, 0.717) is 13.1 Å². The lowest BCUT2D eigenvalue weighted by Gasteiger charge is -2.27. The number of fused-ring (bicyclic) bond motifs is 1. The first-order valence-electron chi connectivity index (χ1n) is 10.1. The van der Waals surface area contributed by atoms with Gasteiger partial charge in [0.15, 0.2) is 0 Å². The zero-order valence-electron chi connectivity index (χ0n) is 16.2. The Morgan fingerprint density at radius 2 is 1.79 bits per heavy atom. The SMILES string of the molecule is O=C(CCC(=O)N1CCc2sccc2C1)NCc1ccc(N2CCCC2)cc1. The molecular weight excluding hydrogens is 370 g/mol. The Kier molecular flexibility index (Phi) is 5.95. The Balaban J connectivity index is 1.19. The van der Waals surface area contributed by atoms with Gasteiger partial charge in [-0.25, -0.2) is 0 Å². The van der Waals surface area contributed by atoms with Gasteiger partial charge in [-0.3, -0.25) is 9.59 Å². The van der Waals surface area contributed by atoms with Crippen LogP contribution in [0.25, 0.3) is 0 Å². The number of rotatable bonds is 6. The fourth-order valence-corrected chi connectivity index (χ4v) is 4.82.